The average Bonchev–Trinajstić information content (AvgIpc) is 3.49. The van der Waals surface area contributed by atoms with Gasteiger partial charge in [-0.05, 0) is 36.2 Å². The van der Waals surface area contributed by atoms with Crippen LogP contribution in [0.25, 0.3) is 21.6 Å². The van der Waals surface area contributed by atoms with E-state index in [1.807, 2.05) is 31.2 Å². The van der Waals surface area contributed by atoms with E-state index >= 15 is 0 Å². The van der Waals surface area contributed by atoms with E-state index in [2.05, 4.69) is 30.3 Å². The number of halogens is 1. The number of carboxylic acids is 1. The second-order valence-corrected chi connectivity index (χ2v) is 9.33. The molecule has 4 unspecified atom stereocenters. The zero-order valence-corrected chi connectivity index (χ0v) is 21.3. The van der Waals surface area contributed by atoms with Crippen molar-refractivity contribution in [1.82, 2.24) is 19.5 Å². The molecule has 13 nitrogen and oxygen atoms in total. The number of anilines is 1. The normalized spacial score (nSPS) is 20.5. The molecule has 1 aliphatic rings. The van der Waals surface area contributed by atoms with Crippen molar-refractivity contribution < 1.29 is 24.5 Å². The molecule has 4 aromatic rings. The molecule has 0 spiro atoms. The number of fused-ring (bicyclic) bond motifs is 1. The maximum absolute atomic E-state index is 11.6. The lowest BCUT2D eigenvalue weighted by Crippen LogP contribution is -2.34. The molecular weight excluding hydrogens is 528 g/mol. The summed E-state index contributed by atoms with van der Waals surface area (Å²) in [5.41, 5.74) is 12.4. The summed E-state index contributed by atoms with van der Waals surface area (Å²) >= 11 is 6.25. The van der Waals surface area contributed by atoms with Gasteiger partial charge in [0.2, 0.25) is 0 Å². The third-order valence-corrected chi connectivity index (χ3v) is 6.52. The highest BCUT2D eigenvalue weighted by molar-refractivity contribution is 6.30. The van der Waals surface area contributed by atoms with E-state index in [1.54, 1.807) is 18.2 Å². The lowest BCUT2D eigenvalue weighted by Gasteiger charge is -2.17. The Hall–Kier alpha value is -4.42. The lowest BCUT2D eigenvalue weighted by atomic mass is 10.1. The van der Waals surface area contributed by atoms with Gasteiger partial charge < -0.3 is 25.0 Å². The summed E-state index contributed by atoms with van der Waals surface area (Å²) in [6, 6.07) is 12.1. The molecule has 0 radical (unpaired) electrons. The number of aromatic nitrogens is 4. The second kappa shape index (κ2) is 11.1. The minimum Gasteiger partial charge on any atom is -0.489 e. The molecule has 3 heterocycles. The van der Waals surface area contributed by atoms with Gasteiger partial charge in [-0.25, -0.2) is 19.7 Å². The Morgan fingerprint density at radius 3 is 2.79 bits per heavy atom. The molecule has 4 atom stereocenters. The SMILES string of the molecule is Cc1ccc(COc2ccc(Cl)cc2CNc2ncnc3c2ncn3C2OC(C(=O)O)C(N=[N+]=[N-])C2O)cc1. The van der Waals surface area contributed by atoms with Crippen LogP contribution in [0.1, 0.15) is 22.9 Å². The fourth-order valence-corrected chi connectivity index (χ4v) is 4.50. The van der Waals surface area contributed by atoms with E-state index in [1.165, 1.54) is 22.8 Å². The van der Waals surface area contributed by atoms with Crippen LogP contribution in [0.3, 0.4) is 0 Å². The van der Waals surface area contributed by atoms with Crippen molar-refractivity contribution in [1.29, 1.82) is 0 Å². The predicted octanol–water partition coefficient (Wildman–Crippen LogP) is 4.00. The van der Waals surface area contributed by atoms with Gasteiger partial charge >= 0.3 is 5.97 Å². The minimum atomic E-state index is -1.53. The molecular formula is C25H23ClN8O5. The Bertz CT molecular complexity index is 1560. The predicted molar refractivity (Wildman–Crippen MR) is 140 cm³/mol. The van der Waals surface area contributed by atoms with Gasteiger partial charge in [0, 0.05) is 22.0 Å². The number of carbonyl (C=O) groups is 1. The first-order chi connectivity index (χ1) is 18.9. The van der Waals surface area contributed by atoms with E-state index in [0.717, 1.165) is 11.1 Å². The van der Waals surface area contributed by atoms with Gasteiger partial charge in [-0.1, -0.05) is 46.5 Å². The van der Waals surface area contributed by atoms with Gasteiger partial charge in [-0.3, -0.25) is 4.57 Å². The smallest absolute Gasteiger partial charge is 0.333 e. The molecule has 1 aliphatic heterocycles. The molecule has 5 rings (SSSR count). The lowest BCUT2D eigenvalue weighted by molar-refractivity contribution is -0.152. The third kappa shape index (κ3) is 5.42. The average molecular weight is 551 g/mol. The number of hydrogen-bond acceptors (Lipinski definition) is 9. The molecule has 14 heteroatoms. The molecule has 1 fully saturated rings. The summed E-state index contributed by atoms with van der Waals surface area (Å²) in [5.74, 6) is -0.330. The fourth-order valence-electron chi connectivity index (χ4n) is 4.30. The number of nitrogens with zero attached hydrogens (tertiary/aromatic N) is 7. The molecule has 0 aliphatic carbocycles. The van der Waals surface area contributed by atoms with Crippen LogP contribution in [0.2, 0.25) is 5.02 Å². The summed E-state index contributed by atoms with van der Waals surface area (Å²) in [6.07, 6.45) is -1.50. The monoisotopic (exact) mass is 550 g/mol. The summed E-state index contributed by atoms with van der Waals surface area (Å²) in [4.78, 5) is 27.1. The number of ether oxygens (including phenoxy) is 2. The van der Waals surface area contributed by atoms with Gasteiger partial charge in [0.15, 0.2) is 29.3 Å². The topological polar surface area (TPSA) is 180 Å². The quantitative estimate of drug-likeness (QED) is 0.157. The van der Waals surface area contributed by atoms with Crippen LogP contribution < -0.4 is 10.1 Å². The van der Waals surface area contributed by atoms with Crippen LogP contribution in [-0.2, 0) is 22.7 Å². The molecule has 3 N–H and O–H groups in total. The van der Waals surface area contributed by atoms with E-state index in [-0.39, 0.29) is 5.65 Å². The van der Waals surface area contributed by atoms with Crippen LogP contribution in [0.4, 0.5) is 5.82 Å². The molecule has 200 valence electrons. The van der Waals surface area contributed by atoms with Crippen molar-refractivity contribution in [2.24, 2.45) is 5.11 Å². The van der Waals surface area contributed by atoms with Crippen molar-refractivity contribution in [2.45, 2.75) is 44.6 Å². The van der Waals surface area contributed by atoms with Crippen molar-refractivity contribution in [2.75, 3.05) is 5.32 Å². The first kappa shape index (κ1) is 26.2. The molecule has 0 bridgehead atoms. The highest BCUT2D eigenvalue weighted by atomic mass is 35.5. The zero-order valence-electron chi connectivity index (χ0n) is 20.5. The van der Waals surface area contributed by atoms with Gasteiger partial charge in [-0.15, -0.1) is 0 Å². The Morgan fingerprint density at radius 1 is 1.26 bits per heavy atom. The maximum Gasteiger partial charge on any atom is 0.333 e. The molecule has 0 saturated carbocycles. The first-order valence-electron chi connectivity index (χ1n) is 11.8. The van der Waals surface area contributed by atoms with E-state index in [9.17, 15) is 15.0 Å². The van der Waals surface area contributed by atoms with Crippen LogP contribution in [0.15, 0.2) is 60.2 Å². The number of carboxylic acid groups (broad SMARTS) is 1. The van der Waals surface area contributed by atoms with E-state index in [0.29, 0.717) is 35.3 Å². The van der Waals surface area contributed by atoms with Gasteiger partial charge in [0.25, 0.3) is 0 Å². The molecule has 39 heavy (non-hydrogen) atoms. The number of aliphatic hydroxyl groups excluding tert-OH is 1. The number of azide groups is 1. The highest BCUT2D eigenvalue weighted by Crippen LogP contribution is 2.34. The zero-order chi connectivity index (χ0) is 27.5. The third-order valence-electron chi connectivity index (χ3n) is 6.28. The molecule has 1 saturated heterocycles. The number of aliphatic carboxylic acids is 1. The van der Waals surface area contributed by atoms with Crippen LogP contribution in [0, 0.1) is 6.92 Å². The molecule has 2 aromatic carbocycles. The number of nitrogens with one attached hydrogen (secondary N) is 1. The van der Waals surface area contributed by atoms with Crippen molar-refractivity contribution >= 4 is 34.6 Å². The van der Waals surface area contributed by atoms with Crippen molar-refractivity contribution in [3.63, 3.8) is 0 Å². The molecule has 0 amide bonds. The molecule has 2 aromatic heterocycles. The maximum atomic E-state index is 11.6. The van der Waals surface area contributed by atoms with E-state index < -0.39 is 30.4 Å². The fraction of sp³-hybridized carbons (Fsp3) is 0.280. The number of imidazole rings is 1. The van der Waals surface area contributed by atoms with E-state index in [4.69, 9.17) is 26.6 Å². The Labute approximate surface area is 226 Å². The minimum absolute atomic E-state index is 0.282. The summed E-state index contributed by atoms with van der Waals surface area (Å²) in [6.45, 7) is 2.71. The van der Waals surface area contributed by atoms with Crippen LogP contribution in [-0.4, -0.2) is 54.0 Å². The van der Waals surface area contributed by atoms with Crippen molar-refractivity contribution in [3.8, 4) is 5.75 Å². The number of rotatable bonds is 9. The largest absolute Gasteiger partial charge is 0.489 e. The summed E-state index contributed by atoms with van der Waals surface area (Å²) in [5, 5.41) is 27.3. The summed E-state index contributed by atoms with van der Waals surface area (Å²) < 4.78 is 13.0. The van der Waals surface area contributed by atoms with Gasteiger partial charge in [0.05, 0.1) is 6.33 Å². The first-order valence-corrected chi connectivity index (χ1v) is 12.2. The Balaban J connectivity index is 1.36. The van der Waals surface area contributed by atoms with Crippen LogP contribution >= 0.6 is 11.6 Å². The van der Waals surface area contributed by atoms with Gasteiger partial charge in [-0.2, -0.15) is 0 Å². The van der Waals surface area contributed by atoms with Crippen LogP contribution in [0.5, 0.6) is 5.75 Å². The van der Waals surface area contributed by atoms with Crippen molar-refractivity contribution in [3.05, 3.63) is 87.3 Å². The Kier molecular flexibility index (Phi) is 7.48. The number of benzene rings is 2. The Morgan fingerprint density at radius 2 is 2.05 bits per heavy atom. The number of aliphatic hydroxyl groups is 1. The second-order valence-electron chi connectivity index (χ2n) is 8.90. The number of aryl methyl sites for hydroxylation is 1. The highest BCUT2D eigenvalue weighted by Gasteiger charge is 2.48. The number of hydrogen-bond donors (Lipinski definition) is 3. The summed E-state index contributed by atoms with van der Waals surface area (Å²) in [7, 11) is 0. The standard InChI is InChI=1S/C25H23ClN8O5/c1-13-2-4-14(5-3-13)10-38-17-7-6-16(26)8-15(17)9-28-22-19-23(30-11-29-22)34(12-31-19)24-20(35)18(32-33-27)21(39-24)25(36)37/h2-8,11-12,18,20-21,24,35H,9-10H2,1H3,(H,36,37)(H,28,29,30). The van der Waals surface area contributed by atoms with Gasteiger partial charge in [0.1, 0.15) is 30.8 Å².